The van der Waals surface area contributed by atoms with Crippen molar-refractivity contribution in [3.63, 3.8) is 0 Å². The minimum absolute atomic E-state index is 0.521. The van der Waals surface area contributed by atoms with Gasteiger partial charge >= 0.3 is 0 Å². The Hall–Kier alpha value is -1.58. The number of hydrogen-bond donors (Lipinski definition) is 1. The molecule has 0 aromatic carbocycles. The first-order valence-electron chi connectivity index (χ1n) is 3.33. The standard InChI is InChI=1S/C7H8N4/c1-5-10-4-6-7(8)9-2-3-11(5)6/h2-4H,1H3,(H2,8,9). The fourth-order valence-corrected chi connectivity index (χ4v) is 1.08. The van der Waals surface area contributed by atoms with Gasteiger partial charge in [0.25, 0.3) is 0 Å². The van der Waals surface area contributed by atoms with E-state index >= 15 is 0 Å². The van der Waals surface area contributed by atoms with Crippen LogP contribution in [0.3, 0.4) is 0 Å². The van der Waals surface area contributed by atoms with E-state index < -0.39 is 0 Å². The fourth-order valence-electron chi connectivity index (χ4n) is 1.08. The molecule has 0 saturated heterocycles. The molecule has 0 atom stereocenters. The van der Waals surface area contributed by atoms with E-state index in [1.54, 1.807) is 12.4 Å². The van der Waals surface area contributed by atoms with E-state index in [1.807, 2.05) is 17.5 Å². The van der Waals surface area contributed by atoms with E-state index in [4.69, 9.17) is 5.73 Å². The molecule has 0 aliphatic carbocycles. The molecular formula is C7H8N4. The van der Waals surface area contributed by atoms with Gasteiger partial charge < -0.3 is 5.73 Å². The smallest absolute Gasteiger partial charge is 0.149 e. The van der Waals surface area contributed by atoms with Gasteiger partial charge in [-0.3, -0.25) is 4.40 Å². The van der Waals surface area contributed by atoms with E-state index in [0.29, 0.717) is 5.82 Å². The highest BCUT2D eigenvalue weighted by atomic mass is 15.0. The van der Waals surface area contributed by atoms with E-state index in [2.05, 4.69) is 9.97 Å². The van der Waals surface area contributed by atoms with Gasteiger partial charge in [-0.1, -0.05) is 0 Å². The maximum absolute atomic E-state index is 5.60. The van der Waals surface area contributed by atoms with Crippen LogP contribution in [0.4, 0.5) is 5.82 Å². The minimum Gasteiger partial charge on any atom is -0.382 e. The van der Waals surface area contributed by atoms with Crippen LogP contribution < -0.4 is 5.73 Å². The average Bonchev–Trinajstić information content (AvgIpc) is 2.35. The van der Waals surface area contributed by atoms with Crippen LogP contribution in [0.5, 0.6) is 0 Å². The number of fused-ring (bicyclic) bond motifs is 1. The zero-order valence-corrected chi connectivity index (χ0v) is 6.15. The van der Waals surface area contributed by atoms with Crippen molar-refractivity contribution in [1.82, 2.24) is 14.4 Å². The van der Waals surface area contributed by atoms with Crippen molar-refractivity contribution in [1.29, 1.82) is 0 Å². The summed E-state index contributed by atoms with van der Waals surface area (Å²) >= 11 is 0. The lowest BCUT2D eigenvalue weighted by molar-refractivity contribution is 1.03. The van der Waals surface area contributed by atoms with Crippen LogP contribution in [-0.2, 0) is 0 Å². The molecule has 0 amide bonds. The van der Waals surface area contributed by atoms with Crippen molar-refractivity contribution in [3.8, 4) is 0 Å². The predicted molar refractivity (Wildman–Crippen MR) is 42.1 cm³/mol. The first kappa shape index (κ1) is 6.15. The van der Waals surface area contributed by atoms with Gasteiger partial charge in [-0.05, 0) is 6.92 Å². The molecule has 2 rings (SSSR count). The SMILES string of the molecule is Cc1ncc2c(N)nccn12. The van der Waals surface area contributed by atoms with Crippen LogP contribution in [0.25, 0.3) is 5.52 Å². The molecule has 0 aliphatic rings. The second-order valence-electron chi connectivity index (χ2n) is 2.37. The summed E-state index contributed by atoms with van der Waals surface area (Å²) in [4.78, 5) is 8.04. The molecule has 56 valence electrons. The van der Waals surface area contributed by atoms with Gasteiger partial charge in [-0.25, -0.2) is 9.97 Å². The highest BCUT2D eigenvalue weighted by molar-refractivity contribution is 5.64. The highest BCUT2D eigenvalue weighted by Crippen LogP contribution is 2.10. The molecule has 0 radical (unpaired) electrons. The summed E-state index contributed by atoms with van der Waals surface area (Å²) in [6, 6.07) is 0. The first-order chi connectivity index (χ1) is 5.29. The van der Waals surface area contributed by atoms with Crippen LogP contribution in [0.2, 0.25) is 0 Å². The summed E-state index contributed by atoms with van der Waals surface area (Å²) in [5.41, 5.74) is 6.46. The fraction of sp³-hybridized carbons (Fsp3) is 0.143. The highest BCUT2D eigenvalue weighted by Gasteiger charge is 2.00. The lowest BCUT2D eigenvalue weighted by atomic mass is 10.5. The van der Waals surface area contributed by atoms with Gasteiger partial charge in [-0.2, -0.15) is 0 Å². The average molecular weight is 148 g/mol. The molecule has 0 saturated carbocycles. The second-order valence-corrected chi connectivity index (χ2v) is 2.37. The Balaban J connectivity index is 2.94. The summed E-state index contributed by atoms with van der Waals surface area (Å²) < 4.78 is 1.91. The van der Waals surface area contributed by atoms with Gasteiger partial charge in [0.2, 0.25) is 0 Å². The first-order valence-corrected chi connectivity index (χ1v) is 3.33. The van der Waals surface area contributed by atoms with Crippen molar-refractivity contribution < 1.29 is 0 Å². The third kappa shape index (κ3) is 0.756. The number of aryl methyl sites for hydroxylation is 1. The molecule has 2 aromatic rings. The lowest BCUT2D eigenvalue weighted by Crippen LogP contribution is -1.95. The molecule has 0 fully saturated rings. The summed E-state index contributed by atoms with van der Waals surface area (Å²) in [6.45, 7) is 1.92. The molecule has 11 heavy (non-hydrogen) atoms. The van der Waals surface area contributed by atoms with E-state index in [0.717, 1.165) is 11.3 Å². The van der Waals surface area contributed by atoms with Crippen LogP contribution in [0.1, 0.15) is 5.82 Å². The predicted octanol–water partition coefficient (Wildman–Crippen LogP) is 0.620. The molecular weight excluding hydrogens is 140 g/mol. The molecule has 2 aromatic heterocycles. The number of imidazole rings is 1. The molecule has 0 aliphatic heterocycles. The molecule has 4 nitrogen and oxygen atoms in total. The maximum Gasteiger partial charge on any atom is 0.149 e. The summed E-state index contributed by atoms with van der Waals surface area (Å²) in [5, 5.41) is 0. The quantitative estimate of drug-likeness (QED) is 0.595. The molecule has 2 heterocycles. The third-order valence-corrected chi connectivity index (χ3v) is 1.67. The largest absolute Gasteiger partial charge is 0.382 e. The molecule has 0 unspecified atom stereocenters. The Bertz CT molecular complexity index is 390. The Morgan fingerprint density at radius 1 is 1.45 bits per heavy atom. The maximum atomic E-state index is 5.60. The molecule has 4 heteroatoms. The van der Waals surface area contributed by atoms with Crippen molar-refractivity contribution in [2.24, 2.45) is 0 Å². The zero-order valence-electron chi connectivity index (χ0n) is 6.15. The number of rotatable bonds is 0. The Morgan fingerprint density at radius 2 is 2.27 bits per heavy atom. The lowest BCUT2D eigenvalue weighted by Gasteiger charge is -1.96. The van der Waals surface area contributed by atoms with Gasteiger partial charge in [-0.15, -0.1) is 0 Å². The molecule has 2 N–H and O–H groups in total. The molecule has 0 bridgehead atoms. The number of aromatic nitrogens is 3. The summed E-state index contributed by atoms with van der Waals surface area (Å²) in [7, 11) is 0. The molecule has 0 spiro atoms. The van der Waals surface area contributed by atoms with Crippen molar-refractivity contribution in [3.05, 3.63) is 24.4 Å². The Labute approximate surface area is 63.7 Å². The third-order valence-electron chi connectivity index (χ3n) is 1.67. The van der Waals surface area contributed by atoms with Gasteiger partial charge in [0.15, 0.2) is 0 Å². The van der Waals surface area contributed by atoms with Gasteiger partial charge in [0.05, 0.1) is 6.20 Å². The summed E-state index contributed by atoms with van der Waals surface area (Å²) in [5.74, 6) is 1.45. The van der Waals surface area contributed by atoms with Crippen molar-refractivity contribution in [2.45, 2.75) is 6.92 Å². The zero-order chi connectivity index (χ0) is 7.84. The van der Waals surface area contributed by atoms with Crippen LogP contribution >= 0.6 is 0 Å². The summed E-state index contributed by atoms with van der Waals surface area (Å²) in [6.07, 6.45) is 5.22. The van der Waals surface area contributed by atoms with Gasteiger partial charge in [0, 0.05) is 12.4 Å². The topological polar surface area (TPSA) is 56.2 Å². The number of anilines is 1. The van der Waals surface area contributed by atoms with Crippen molar-refractivity contribution >= 4 is 11.3 Å². The Kier molecular flexibility index (Phi) is 1.09. The van der Waals surface area contributed by atoms with E-state index in [1.165, 1.54) is 0 Å². The number of nitrogens with zero attached hydrogens (tertiary/aromatic N) is 3. The van der Waals surface area contributed by atoms with Gasteiger partial charge in [0.1, 0.15) is 17.2 Å². The van der Waals surface area contributed by atoms with E-state index in [9.17, 15) is 0 Å². The van der Waals surface area contributed by atoms with E-state index in [-0.39, 0.29) is 0 Å². The number of nitrogens with two attached hydrogens (primary N) is 1. The number of nitrogen functional groups attached to an aromatic ring is 1. The van der Waals surface area contributed by atoms with Crippen molar-refractivity contribution in [2.75, 3.05) is 5.73 Å². The Morgan fingerprint density at radius 3 is 3.00 bits per heavy atom. The normalized spacial score (nSPS) is 10.6. The van der Waals surface area contributed by atoms with Crippen LogP contribution in [0.15, 0.2) is 18.6 Å². The van der Waals surface area contributed by atoms with Crippen LogP contribution in [0, 0.1) is 6.92 Å². The minimum atomic E-state index is 0.521. The monoisotopic (exact) mass is 148 g/mol. The number of hydrogen-bond acceptors (Lipinski definition) is 3. The second kappa shape index (κ2) is 1.95. The van der Waals surface area contributed by atoms with Crippen LogP contribution in [-0.4, -0.2) is 14.4 Å².